The highest BCUT2D eigenvalue weighted by Crippen LogP contribution is 2.30. The number of hydrogen-bond donors (Lipinski definition) is 2. The standard InChI is InChI=1S/C15H14N6O/c22-15(20-12-9-16-3-4-17-12)10-8-19-11-2-1-6-21-7-5-18-14(21)13(10)11/h3-5,7-9,19H,1-2,6H2,(H,17,20,22). The molecular weight excluding hydrogens is 280 g/mol. The number of amides is 1. The first kappa shape index (κ1) is 12.8. The number of H-pyrrole nitrogens is 1. The lowest BCUT2D eigenvalue weighted by Crippen LogP contribution is -2.14. The Morgan fingerprint density at radius 2 is 2.23 bits per heavy atom. The second-order valence-corrected chi connectivity index (χ2v) is 5.15. The number of nitrogens with one attached hydrogen (secondary N) is 2. The summed E-state index contributed by atoms with van der Waals surface area (Å²) in [7, 11) is 0. The Morgan fingerprint density at radius 1 is 1.27 bits per heavy atom. The Morgan fingerprint density at radius 3 is 3.09 bits per heavy atom. The van der Waals surface area contributed by atoms with Crippen molar-refractivity contribution < 1.29 is 4.79 Å². The van der Waals surface area contributed by atoms with Gasteiger partial charge in [0, 0.05) is 43.2 Å². The molecule has 110 valence electrons. The van der Waals surface area contributed by atoms with Gasteiger partial charge in [0.25, 0.3) is 5.91 Å². The Kier molecular flexibility index (Phi) is 2.96. The molecule has 0 radical (unpaired) electrons. The van der Waals surface area contributed by atoms with E-state index in [0.717, 1.165) is 36.5 Å². The van der Waals surface area contributed by atoms with Gasteiger partial charge in [-0.1, -0.05) is 0 Å². The van der Waals surface area contributed by atoms with Crippen molar-refractivity contribution in [1.29, 1.82) is 0 Å². The summed E-state index contributed by atoms with van der Waals surface area (Å²) < 4.78 is 2.08. The SMILES string of the molecule is O=C(Nc1cnccn1)c1c[nH]c2c1-c1nccn1CCC2. The number of nitrogens with zero attached hydrogens (tertiary/aromatic N) is 4. The van der Waals surface area contributed by atoms with Gasteiger partial charge >= 0.3 is 0 Å². The molecule has 4 rings (SSSR count). The second kappa shape index (κ2) is 5.10. The van der Waals surface area contributed by atoms with Gasteiger partial charge in [0.2, 0.25) is 0 Å². The van der Waals surface area contributed by atoms with Gasteiger partial charge in [-0.15, -0.1) is 0 Å². The summed E-state index contributed by atoms with van der Waals surface area (Å²) in [5.74, 6) is 1.05. The minimum Gasteiger partial charge on any atom is -0.364 e. The quantitative estimate of drug-likeness (QED) is 0.755. The van der Waals surface area contributed by atoms with E-state index < -0.39 is 0 Å². The molecule has 2 N–H and O–H groups in total. The number of carbonyl (C=O) groups is 1. The van der Waals surface area contributed by atoms with E-state index in [0.29, 0.717) is 11.4 Å². The van der Waals surface area contributed by atoms with Crippen LogP contribution in [-0.4, -0.2) is 30.4 Å². The Labute approximate surface area is 126 Å². The van der Waals surface area contributed by atoms with Crippen LogP contribution in [0.2, 0.25) is 0 Å². The average molecular weight is 294 g/mol. The average Bonchev–Trinajstić information content (AvgIpc) is 3.12. The van der Waals surface area contributed by atoms with Crippen LogP contribution in [0.5, 0.6) is 0 Å². The highest BCUT2D eigenvalue weighted by atomic mass is 16.1. The van der Waals surface area contributed by atoms with Crippen LogP contribution in [0.4, 0.5) is 5.82 Å². The van der Waals surface area contributed by atoms with Crippen LogP contribution in [0.1, 0.15) is 22.5 Å². The van der Waals surface area contributed by atoms with Gasteiger partial charge in [-0.05, 0) is 12.8 Å². The Bertz CT molecular complexity index is 820. The molecule has 0 fully saturated rings. The van der Waals surface area contributed by atoms with Crippen molar-refractivity contribution in [1.82, 2.24) is 24.5 Å². The maximum Gasteiger partial charge on any atom is 0.259 e. The summed E-state index contributed by atoms with van der Waals surface area (Å²) in [5.41, 5.74) is 2.51. The van der Waals surface area contributed by atoms with E-state index in [1.807, 2.05) is 6.20 Å². The molecule has 0 saturated carbocycles. The van der Waals surface area contributed by atoms with Crippen molar-refractivity contribution in [2.75, 3.05) is 5.32 Å². The fourth-order valence-corrected chi connectivity index (χ4v) is 2.79. The van der Waals surface area contributed by atoms with E-state index in [2.05, 4.69) is 29.8 Å². The van der Waals surface area contributed by atoms with E-state index in [1.165, 1.54) is 6.20 Å². The minimum atomic E-state index is -0.213. The van der Waals surface area contributed by atoms with Crippen LogP contribution >= 0.6 is 0 Å². The second-order valence-electron chi connectivity index (χ2n) is 5.15. The maximum absolute atomic E-state index is 12.6. The zero-order valence-electron chi connectivity index (χ0n) is 11.8. The highest BCUT2D eigenvalue weighted by Gasteiger charge is 2.24. The number of aromatic amines is 1. The zero-order chi connectivity index (χ0) is 14.9. The molecule has 1 aliphatic rings. The minimum absolute atomic E-state index is 0.213. The largest absolute Gasteiger partial charge is 0.364 e. The molecule has 0 aromatic carbocycles. The molecule has 0 atom stereocenters. The number of fused-ring (bicyclic) bond motifs is 3. The van der Waals surface area contributed by atoms with Crippen molar-refractivity contribution in [2.45, 2.75) is 19.4 Å². The number of anilines is 1. The monoisotopic (exact) mass is 294 g/mol. The molecule has 0 spiro atoms. The van der Waals surface area contributed by atoms with E-state index in [4.69, 9.17) is 0 Å². The number of rotatable bonds is 2. The van der Waals surface area contributed by atoms with E-state index in [1.54, 1.807) is 24.8 Å². The normalized spacial score (nSPS) is 13.1. The Hall–Kier alpha value is -2.96. The molecule has 22 heavy (non-hydrogen) atoms. The van der Waals surface area contributed by atoms with Crippen LogP contribution in [0.25, 0.3) is 11.4 Å². The third-order valence-corrected chi connectivity index (χ3v) is 3.78. The fourth-order valence-electron chi connectivity index (χ4n) is 2.79. The summed E-state index contributed by atoms with van der Waals surface area (Å²) in [4.78, 5) is 28.2. The molecule has 1 amide bonds. The smallest absolute Gasteiger partial charge is 0.259 e. The number of carbonyl (C=O) groups excluding carboxylic acids is 1. The van der Waals surface area contributed by atoms with Crippen molar-refractivity contribution in [3.8, 4) is 11.4 Å². The molecule has 4 heterocycles. The van der Waals surface area contributed by atoms with Gasteiger partial charge in [-0.2, -0.15) is 0 Å². The van der Waals surface area contributed by atoms with Crippen molar-refractivity contribution >= 4 is 11.7 Å². The van der Waals surface area contributed by atoms with Crippen LogP contribution in [-0.2, 0) is 13.0 Å². The van der Waals surface area contributed by atoms with Crippen LogP contribution in [0.3, 0.4) is 0 Å². The zero-order valence-corrected chi connectivity index (χ0v) is 11.8. The van der Waals surface area contributed by atoms with Crippen molar-refractivity contribution in [3.05, 3.63) is 48.4 Å². The molecule has 0 bridgehead atoms. The summed E-state index contributed by atoms with van der Waals surface area (Å²) in [6.07, 6.45) is 12.0. The summed E-state index contributed by atoms with van der Waals surface area (Å²) >= 11 is 0. The van der Waals surface area contributed by atoms with Gasteiger partial charge in [0.05, 0.1) is 17.3 Å². The highest BCUT2D eigenvalue weighted by molar-refractivity contribution is 6.08. The predicted molar refractivity (Wildman–Crippen MR) is 80.3 cm³/mol. The van der Waals surface area contributed by atoms with Crippen LogP contribution < -0.4 is 5.32 Å². The van der Waals surface area contributed by atoms with Gasteiger partial charge in [0.15, 0.2) is 5.82 Å². The number of aromatic nitrogens is 5. The molecule has 0 unspecified atom stereocenters. The molecule has 0 aliphatic carbocycles. The van der Waals surface area contributed by atoms with Gasteiger partial charge < -0.3 is 14.9 Å². The van der Waals surface area contributed by atoms with Gasteiger partial charge in [0.1, 0.15) is 5.82 Å². The molecule has 0 saturated heterocycles. The first-order chi connectivity index (χ1) is 10.8. The van der Waals surface area contributed by atoms with Crippen LogP contribution in [0.15, 0.2) is 37.2 Å². The van der Waals surface area contributed by atoms with E-state index >= 15 is 0 Å². The van der Waals surface area contributed by atoms with Crippen LogP contribution in [0, 0.1) is 0 Å². The third kappa shape index (κ3) is 2.07. The van der Waals surface area contributed by atoms with Gasteiger partial charge in [-0.3, -0.25) is 9.78 Å². The fraction of sp³-hybridized carbons (Fsp3) is 0.200. The van der Waals surface area contributed by atoms with E-state index in [-0.39, 0.29) is 5.91 Å². The topological polar surface area (TPSA) is 88.5 Å². The third-order valence-electron chi connectivity index (χ3n) is 3.78. The van der Waals surface area contributed by atoms with E-state index in [9.17, 15) is 4.79 Å². The lowest BCUT2D eigenvalue weighted by molar-refractivity contribution is 0.102. The molecule has 7 nitrogen and oxygen atoms in total. The summed E-state index contributed by atoms with van der Waals surface area (Å²) in [6.45, 7) is 0.906. The maximum atomic E-state index is 12.6. The van der Waals surface area contributed by atoms with Crippen molar-refractivity contribution in [2.24, 2.45) is 0 Å². The Balaban J connectivity index is 1.74. The first-order valence-corrected chi connectivity index (χ1v) is 7.12. The van der Waals surface area contributed by atoms with Gasteiger partial charge in [-0.25, -0.2) is 9.97 Å². The number of aryl methyl sites for hydroxylation is 2. The first-order valence-electron chi connectivity index (χ1n) is 7.12. The number of hydrogen-bond acceptors (Lipinski definition) is 4. The lowest BCUT2D eigenvalue weighted by Gasteiger charge is -2.06. The van der Waals surface area contributed by atoms with Crippen molar-refractivity contribution in [3.63, 3.8) is 0 Å². The lowest BCUT2D eigenvalue weighted by atomic mass is 10.1. The number of imidazole rings is 1. The molecular formula is C15H14N6O. The summed E-state index contributed by atoms with van der Waals surface area (Å²) in [6, 6.07) is 0. The molecule has 1 aliphatic heterocycles. The molecule has 7 heteroatoms. The summed E-state index contributed by atoms with van der Waals surface area (Å²) in [5, 5.41) is 2.77. The predicted octanol–water partition coefficient (Wildman–Crippen LogP) is 1.87. The molecule has 3 aromatic rings. The molecule has 3 aromatic heterocycles.